The van der Waals surface area contributed by atoms with Gasteiger partial charge in [0.25, 0.3) is 5.91 Å². The molecule has 1 amide bonds. The van der Waals surface area contributed by atoms with Crippen molar-refractivity contribution >= 4 is 11.9 Å². The highest BCUT2D eigenvalue weighted by molar-refractivity contribution is 5.96. The fourth-order valence-corrected chi connectivity index (χ4v) is 3.02. The van der Waals surface area contributed by atoms with Crippen LogP contribution >= 0.6 is 0 Å². The van der Waals surface area contributed by atoms with Crippen molar-refractivity contribution in [3.63, 3.8) is 0 Å². The Labute approximate surface area is 138 Å². The fourth-order valence-electron chi connectivity index (χ4n) is 3.02. The highest BCUT2D eigenvalue weighted by Gasteiger charge is 2.29. The van der Waals surface area contributed by atoms with Crippen molar-refractivity contribution in [1.29, 1.82) is 0 Å². The van der Waals surface area contributed by atoms with Gasteiger partial charge in [0.1, 0.15) is 17.5 Å². The number of aromatic nitrogens is 2. The molecule has 0 spiro atoms. The number of hydrogen-bond donors (Lipinski definition) is 2. The summed E-state index contributed by atoms with van der Waals surface area (Å²) in [5.41, 5.74) is 2.82. The number of hydrogen-bond acceptors (Lipinski definition) is 3. The average Bonchev–Trinajstić information content (AvgIpc) is 3.10. The van der Waals surface area contributed by atoms with Gasteiger partial charge in [-0.3, -0.25) is 9.59 Å². The van der Waals surface area contributed by atoms with Gasteiger partial charge in [0.15, 0.2) is 5.69 Å². The van der Waals surface area contributed by atoms with Crippen LogP contribution in [0.5, 0.6) is 0 Å². The number of nitrogens with one attached hydrogen (secondary N) is 1. The predicted octanol–water partition coefficient (Wildman–Crippen LogP) is 2.01. The highest BCUT2D eigenvalue weighted by Crippen LogP contribution is 2.30. The number of halogens is 1. The third kappa shape index (κ3) is 2.66. The monoisotopic (exact) mass is 331 g/mol. The second-order valence-corrected chi connectivity index (χ2v) is 5.98. The van der Waals surface area contributed by atoms with Gasteiger partial charge in [-0.05, 0) is 44.7 Å². The minimum atomic E-state index is -1.12. The first-order valence-corrected chi connectivity index (χ1v) is 7.80. The molecule has 1 aromatic carbocycles. The number of carboxylic acid groups (broad SMARTS) is 1. The molecule has 3 rings (SSSR count). The molecule has 2 N–H and O–H groups in total. The molecular formula is C17H18FN3O3. The summed E-state index contributed by atoms with van der Waals surface area (Å²) in [5.74, 6) is -2.07. The van der Waals surface area contributed by atoms with Gasteiger partial charge in [-0.25, -0.2) is 9.07 Å². The molecule has 1 aliphatic carbocycles. The van der Waals surface area contributed by atoms with Crippen molar-refractivity contribution in [2.24, 2.45) is 0 Å². The number of carboxylic acids is 1. The van der Waals surface area contributed by atoms with E-state index in [1.54, 1.807) is 19.1 Å². The van der Waals surface area contributed by atoms with E-state index in [0.717, 1.165) is 23.2 Å². The second-order valence-electron chi connectivity index (χ2n) is 5.98. The summed E-state index contributed by atoms with van der Waals surface area (Å²) in [6.45, 7) is 3.17. The zero-order chi connectivity index (χ0) is 17.4. The van der Waals surface area contributed by atoms with E-state index in [1.165, 1.54) is 17.7 Å². The minimum Gasteiger partial charge on any atom is -0.480 e. The average molecular weight is 331 g/mol. The first kappa shape index (κ1) is 16.2. The van der Waals surface area contributed by atoms with Crippen LogP contribution in [-0.2, 0) is 17.6 Å². The van der Waals surface area contributed by atoms with Gasteiger partial charge >= 0.3 is 5.97 Å². The number of benzene rings is 1. The third-order valence-electron chi connectivity index (χ3n) is 4.26. The van der Waals surface area contributed by atoms with Crippen LogP contribution in [0.3, 0.4) is 0 Å². The number of aliphatic carboxylic acids is 1. The predicted molar refractivity (Wildman–Crippen MR) is 84.8 cm³/mol. The van der Waals surface area contributed by atoms with Crippen LogP contribution in [0, 0.1) is 12.7 Å². The zero-order valence-corrected chi connectivity index (χ0v) is 13.5. The van der Waals surface area contributed by atoms with E-state index >= 15 is 0 Å². The number of fused-ring (bicyclic) bond motifs is 1. The van der Waals surface area contributed by atoms with E-state index in [0.29, 0.717) is 18.5 Å². The van der Waals surface area contributed by atoms with Gasteiger partial charge < -0.3 is 10.4 Å². The maximum atomic E-state index is 14.3. The molecule has 7 heteroatoms. The number of para-hydroxylation sites is 1. The van der Waals surface area contributed by atoms with Gasteiger partial charge in [0.05, 0.1) is 0 Å². The topological polar surface area (TPSA) is 84.2 Å². The zero-order valence-electron chi connectivity index (χ0n) is 13.5. The molecule has 0 radical (unpaired) electrons. The van der Waals surface area contributed by atoms with E-state index < -0.39 is 23.7 Å². The Morgan fingerprint density at radius 2 is 2.12 bits per heavy atom. The number of amides is 1. The molecule has 1 aliphatic rings. The molecule has 1 heterocycles. The molecule has 0 fully saturated rings. The number of aryl methyl sites for hydroxylation is 1. The quantitative estimate of drug-likeness (QED) is 0.897. The molecule has 0 unspecified atom stereocenters. The van der Waals surface area contributed by atoms with Gasteiger partial charge in [-0.1, -0.05) is 12.1 Å². The largest absolute Gasteiger partial charge is 0.480 e. The summed E-state index contributed by atoms with van der Waals surface area (Å²) in [6, 6.07) is 3.75. The standard InChI is InChI=1S/C17H18FN3O3/c1-9-5-3-7-12(18)15(9)21-13-8-4-6-11(13)14(20-21)16(22)19-10(2)17(23)24/h3,5,7,10H,4,6,8H2,1-2H3,(H,19,22)(H,23,24)/t10-/m0/s1. The summed E-state index contributed by atoms with van der Waals surface area (Å²) in [7, 11) is 0. The van der Waals surface area contributed by atoms with Crippen LogP contribution in [0.15, 0.2) is 18.2 Å². The van der Waals surface area contributed by atoms with Crippen molar-refractivity contribution in [1.82, 2.24) is 15.1 Å². The normalized spacial score (nSPS) is 14.3. The summed E-state index contributed by atoms with van der Waals surface area (Å²) in [5, 5.41) is 15.7. The molecule has 1 aromatic heterocycles. The van der Waals surface area contributed by atoms with E-state index in [2.05, 4.69) is 10.4 Å². The minimum absolute atomic E-state index is 0.179. The summed E-state index contributed by atoms with van der Waals surface area (Å²) >= 11 is 0. The smallest absolute Gasteiger partial charge is 0.325 e. The van der Waals surface area contributed by atoms with Gasteiger partial charge in [0.2, 0.25) is 0 Å². The van der Waals surface area contributed by atoms with Crippen molar-refractivity contribution in [2.45, 2.75) is 39.2 Å². The number of carbonyl (C=O) groups excluding carboxylic acids is 1. The number of nitrogens with zero attached hydrogens (tertiary/aromatic N) is 2. The van der Waals surface area contributed by atoms with Crippen LogP contribution in [0.1, 0.15) is 40.7 Å². The van der Waals surface area contributed by atoms with E-state index in [1.807, 2.05) is 0 Å². The van der Waals surface area contributed by atoms with Gasteiger partial charge in [0, 0.05) is 11.3 Å². The lowest BCUT2D eigenvalue weighted by Gasteiger charge is -2.10. The van der Waals surface area contributed by atoms with Crippen LogP contribution in [0.2, 0.25) is 0 Å². The van der Waals surface area contributed by atoms with Gasteiger partial charge in [-0.15, -0.1) is 0 Å². The Morgan fingerprint density at radius 1 is 1.38 bits per heavy atom. The van der Waals surface area contributed by atoms with Crippen LogP contribution in [0.25, 0.3) is 5.69 Å². The van der Waals surface area contributed by atoms with Crippen LogP contribution in [0.4, 0.5) is 4.39 Å². The first-order chi connectivity index (χ1) is 11.4. The fraction of sp³-hybridized carbons (Fsp3) is 0.353. The molecule has 126 valence electrons. The molecule has 0 saturated carbocycles. The Balaban J connectivity index is 2.06. The molecule has 0 saturated heterocycles. The molecule has 2 aromatic rings. The van der Waals surface area contributed by atoms with Crippen molar-refractivity contribution in [2.75, 3.05) is 0 Å². The maximum Gasteiger partial charge on any atom is 0.325 e. The Morgan fingerprint density at radius 3 is 2.79 bits per heavy atom. The third-order valence-corrected chi connectivity index (χ3v) is 4.26. The molecule has 1 atom stereocenters. The lowest BCUT2D eigenvalue weighted by molar-refractivity contribution is -0.138. The molecular weight excluding hydrogens is 313 g/mol. The van der Waals surface area contributed by atoms with E-state index in [-0.39, 0.29) is 5.69 Å². The second kappa shape index (κ2) is 6.07. The molecule has 0 aliphatic heterocycles. The Hall–Kier alpha value is -2.70. The summed E-state index contributed by atoms with van der Waals surface area (Å²) in [4.78, 5) is 23.3. The Bertz CT molecular complexity index is 808. The maximum absolute atomic E-state index is 14.3. The van der Waals surface area contributed by atoms with Crippen LogP contribution in [-0.4, -0.2) is 32.8 Å². The Kier molecular flexibility index (Phi) is 4.09. The first-order valence-electron chi connectivity index (χ1n) is 7.80. The SMILES string of the molecule is Cc1cccc(F)c1-n1nc(C(=O)N[C@@H](C)C(=O)O)c2c1CCC2. The lowest BCUT2D eigenvalue weighted by atomic mass is 10.1. The van der Waals surface area contributed by atoms with Crippen molar-refractivity contribution in [3.05, 3.63) is 46.5 Å². The molecule has 24 heavy (non-hydrogen) atoms. The lowest BCUT2D eigenvalue weighted by Crippen LogP contribution is -2.38. The molecule has 6 nitrogen and oxygen atoms in total. The van der Waals surface area contributed by atoms with Gasteiger partial charge in [-0.2, -0.15) is 5.10 Å². The van der Waals surface area contributed by atoms with Crippen molar-refractivity contribution in [3.8, 4) is 5.69 Å². The highest BCUT2D eigenvalue weighted by atomic mass is 19.1. The number of carbonyl (C=O) groups is 2. The van der Waals surface area contributed by atoms with Crippen molar-refractivity contribution < 1.29 is 19.1 Å². The van der Waals surface area contributed by atoms with Crippen LogP contribution < -0.4 is 5.32 Å². The molecule has 0 bridgehead atoms. The summed E-state index contributed by atoms with van der Waals surface area (Å²) in [6.07, 6.45) is 2.24. The van der Waals surface area contributed by atoms with E-state index in [4.69, 9.17) is 5.11 Å². The summed E-state index contributed by atoms with van der Waals surface area (Å²) < 4.78 is 15.8. The van der Waals surface area contributed by atoms with E-state index in [9.17, 15) is 14.0 Å². The number of rotatable bonds is 4.